The maximum atomic E-state index is 13.4. The first-order valence-corrected chi connectivity index (χ1v) is 13.6. The van der Waals surface area contributed by atoms with Gasteiger partial charge in [-0.2, -0.15) is 0 Å². The van der Waals surface area contributed by atoms with E-state index in [4.69, 9.17) is 0 Å². The van der Waals surface area contributed by atoms with Crippen LogP contribution >= 0.6 is 0 Å². The molecule has 3 nitrogen and oxygen atoms in total. The van der Waals surface area contributed by atoms with Crippen LogP contribution in [0.15, 0.2) is 72.8 Å². The van der Waals surface area contributed by atoms with Gasteiger partial charge in [0.25, 0.3) is 11.8 Å². The lowest BCUT2D eigenvalue weighted by Gasteiger charge is -2.29. The predicted octanol–water partition coefficient (Wildman–Crippen LogP) is 8.88. The monoisotopic (exact) mass is 509 g/mol. The Labute approximate surface area is 228 Å². The third-order valence-corrected chi connectivity index (χ3v) is 8.45. The summed E-state index contributed by atoms with van der Waals surface area (Å²) in [6, 6.07) is 25.7. The number of nitrogens with one attached hydrogen (secondary N) is 1. The van der Waals surface area contributed by atoms with Crippen molar-refractivity contribution < 1.29 is 9.59 Å². The Morgan fingerprint density at radius 3 is 1.87 bits per heavy atom. The molecule has 6 aromatic rings. The van der Waals surface area contributed by atoms with Crippen LogP contribution in [0.5, 0.6) is 0 Å². The Balaban J connectivity index is 1.80. The number of carbonyl (C=O) groups is 2. The van der Waals surface area contributed by atoms with Gasteiger partial charge >= 0.3 is 0 Å². The van der Waals surface area contributed by atoms with Crippen LogP contribution in [-0.4, -0.2) is 11.8 Å². The van der Waals surface area contributed by atoms with E-state index in [1.54, 1.807) is 0 Å². The fraction of sp³-hybridized carbons (Fsp3) is 0.222. The van der Waals surface area contributed by atoms with Gasteiger partial charge in [0.1, 0.15) is 0 Å². The smallest absolute Gasteiger partial charge is 0.258 e. The molecule has 192 valence electrons. The molecule has 0 aliphatic carbocycles. The second-order valence-electron chi connectivity index (χ2n) is 13.0. The van der Waals surface area contributed by atoms with Crippen LogP contribution in [-0.2, 0) is 10.8 Å². The quantitative estimate of drug-likeness (QED) is 0.137. The maximum absolute atomic E-state index is 13.4. The van der Waals surface area contributed by atoms with E-state index in [0.717, 1.165) is 43.4 Å². The Bertz CT molecular complexity index is 2030. The number of fused-ring (bicyclic) bond motifs is 2. The van der Waals surface area contributed by atoms with Crippen molar-refractivity contribution in [1.29, 1.82) is 0 Å². The lowest BCUT2D eigenvalue weighted by atomic mass is 9.75. The predicted molar refractivity (Wildman–Crippen MR) is 162 cm³/mol. The van der Waals surface area contributed by atoms with Gasteiger partial charge in [-0.1, -0.05) is 102 Å². The third-order valence-electron chi connectivity index (χ3n) is 8.45. The minimum absolute atomic E-state index is 0.0394. The van der Waals surface area contributed by atoms with Gasteiger partial charge in [-0.25, -0.2) is 0 Å². The molecule has 3 heteroatoms. The molecule has 0 saturated carbocycles. The highest BCUT2D eigenvalue weighted by atomic mass is 16.2. The van der Waals surface area contributed by atoms with E-state index in [1.807, 2.05) is 12.1 Å². The molecule has 0 radical (unpaired) electrons. The second-order valence-corrected chi connectivity index (χ2v) is 13.0. The van der Waals surface area contributed by atoms with E-state index in [-0.39, 0.29) is 22.6 Å². The summed E-state index contributed by atoms with van der Waals surface area (Å²) in [5, 5.41) is 11.2. The van der Waals surface area contributed by atoms with E-state index in [1.165, 1.54) is 21.9 Å². The first-order chi connectivity index (χ1) is 18.4. The molecule has 0 unspecified atom stereocenters. The van der Waals surface area contributed by atoms with E-state index in [9.17, 15) is 9.59 Å². The Hall–Kier alpha value is -4.24. The van der Waals surface area contributed by atoms with Crippen molar-refractivity contribution in [3.05, 3.63) is 95.1 Å². The standard InChI is InChI=1S/C36H31NO2/c1-35(2,3)20-13-16-28(36(4,5)6)25(17-20)26-18-27-31-24(33(38)37-34(27)39)15-14-22-21-11-7-9-19-10-8-12-23(29(19)21)30(26)32(22)31/h7-18H,1-6H3,(H,37,38,39). The number of hydrogen-bond donors (Lipinski definition) is 1. The SMILES string of the molecule is CC(C)(C)c1ccc(C(C)(C)C)c(-c2cc3c4c(ccc5c6cccc7cccc(c2c45)c76)C(=O)NC3=O)c1. The van der Waals surface area contributed by atoms with Gasteiger partial charge in [0.2, 0.25) is 0 Å². The van der Waals surface area contributed by atoms with Crippen LogP contribution in [0.2, 0.25) is 0 Å². The molecule has 2 amide bonds. The number of imide groups is 1. The van der Waals surface area contributed by atoms with Gasteiger partial charge in [-0.15, -0.1) is 0 Å². The molecule has 6 aromatic carbocycles. The lowest BCUT2D eigenvalue weighted by Crippen LogP contribution is -2.34. The molecule has 39 heavy (non-hydrogen) atoms. The highest BCUT2D eigenvalue weighted by Gasteiger charge is 2.31. The van der Waals surface area contributed by atoms with Gasteiger partial charge in [0, 0.05) is 16.5 Å². The fourth-order valence-electron chi connectivity index (χ4n) is 6.55. The maximum Gasteiger partial charge on any atom is 0.258 e. The first-order valence-electron chi connectivity index (χ1n) is 13.6. The van der Waals surface area contributed by atoms with Crippen molar-refractivity contribution in [2.45, 2.75) is 52.4 Å². The van der Waals surface area contributed by atoms with Gasteiger partial charge < -0.3 is 0 Å². The summed E-state index contributed by atoms with van der Waals surface area (Å²) >= 11 is 0. The Morgan fingerprint density at radius 2 is 1.18 bits per heavy atom. The summed E-state index contributed by atoms with van der Waals surface area (Å²) in [5.74, 6) is -0.668. The summed E-state index contributed by atoms with van der Waals surface area (Å²) in [7, 11) is 0. The molecule has 1 heterocycles. The summed E-state index contributed by atoms with van der Waals surface area (Å²) in [6.07, 6.45) is 0. The third kappa shape index (κ3) is 3.29. The topological polar surface area (TPSA) is 46.2 Å². The molecule has 1 aliphatic heterocycles. The second kappa shape index (κ2) is 7.66. The summed E-state index contributed by atoms with van der Waals surface area (Å²) in [5.41, 5.74) is 5.62. The average molecular weight is 510 g/mol. The van der Waals surface area contributed by atoms with Crippen LogP contribution in [0, 0.1) is 0 Å². The largest absolute Gasteiger partial charge is 0.288 e. The molecule has 0 saturated heterocycles. The zero-order valence-electron chi connectivity index (χ0n) is 23.2. The molecule has 0 aromatic heterocycles. The molecule has 0 fully saturated rings. The minimum Gasteiger partial charge on any atom is -0.288 e. The van der Waals surface area contributed by atoms with Crippen LogP contribution in [0.1, 0.15) is 73.4 Å². The number of benzene rings is 6. The number of rotatable bonds is 1. The zero-order valence-corrected chi connectivity index (χ0v) is 23.2. The zero-order chi connectivity index (χ0) is 27.4. The van der Waals surface area contributed by atoms with Crippen LogP contribution < -0.4 is 5.32 Å². The normalized spacial score (nSPS) is 14.2. The fourth-order valence-corrected chi connectivity index (χ4v) is 6.55. The van der Waals surface area contributed by atoms with Gasteiger partial charge in [-0.3, -0.25) is 14.9 Å². The van der Waals surface area contributed by atoms with Gasteiger partial charge in [-0.05, 0) is 82.9 Å². The minimum atomic E-state index is -0.334. The molecule has 0 bridgehead atoms. The number of amides is 2. The Kier molecular flexibility index (Phi) is 4.69. The van der Waals surface area contributed by atoms with E-state index >= 15 is 0 Å². The van der Waals surface area contributed by atoms with E-state index < -0.39 is 0 Å². The van der Waals surface area contributed by atoms with E-state index in [2.05, 4.69) is 108 Å². The lowest BCUT2D eigenvalue weighted by molar-refractivity contribution is 0.0845. The van der Waals surface area contributed by atoms with Crippen molar-refractivity contribution in [3.8, 4) is 11.1 Å². The van der Waals surface area contributed by atoms with Crippen molar-refractivity contribution in [3.63, 3.8) is 0 Å². The highest BCUT2D eigenvalue weighted by molar-refractivity contribution is 6.40. The van der Waals surface area contributed by atoms with Crippen molar-refractivity contribution in [1.82, 2.24) is 5.32 Å². The molecular formula is C36H31NO2. The summed E-state index contributed by atoms with van der Waals surface area (Å²) in [6.45, 7) is 13.4. The summed E-state index contributed by atoms with van der Waals surface area (Å²) < 4.78 is 0. The molecule has 1 aliphatic rings. The number of hydrogen-bond acceptors (Lipinski definition) is 2. The molecule has 0 atom stereocenters. The van der Waals surface area contributed by atoms with Crippen molar-refractivity contribution in [2.24, 2.45) is 0 Å². The van der Waals surface area contributed by atoms with E-state index in [0.29, 0.717) is 11.1 Å². The van der Waals surface area contributed by atoms with Crippen LogP contribution in [0.3, 0.4) is 0 Å². The molecular weight excluding hydrogens is 478 g/mol. The highest BCUT2D eigenvalue weighted by Crippen LogP contribution is 2.48. The van der Waals surface area contributed by atoms with Crippen LogP contribution in [0.25, 0.3) is 54.2 Å². The summed E-state index contributed by atoms with van der Waals surface area (Å²) in [4.78, 5) is 26.4. The molecule has 0 spiro atoms. The average Bonchev–Trinajstić information content (AvgIpc) is 2.88. The van der Waals surface area contributed by atoms with Gasteiger partial charge in [0.05, 0.1) is 0 Å². The molecule has 7 rings (SSSR count). The van der Waals surface area contributed by atoms with Gasteiger partial charge in [0.15, 0.2) is 0 Å². The van der Waals surface area contributed by atoms with Crippen molar-refractivity contribution >= 4 is 54.9 Å². The number of carbonyl (C=O) groups excluding carboxylic acids is 2. The van der Waals surface area contributed by atoms with Crippen LogP contribution in [0.4, 0.5) is 0 Å². The molecule has 1 N–H and O–H groups in total. The first kappa shape index (κ1) is 23.8. The Morgan fingerprint density at radius 1 is 0.513 bits per heavy atom. The van der Waals surface area contributed by atoms with Crippen molar-refractivity contribution in [2.75, 3.05) is 0 Å².